The third-order valence-electron chi connectivity index (χ3n) is 3.51. The highest BCUT2D eigenvalue weighted by Gasteiger charge is 2.42. The molecule has 0 unspecified atom stereocenters. The molecule has 5 nitrogen and oxygen atoms in total. The molecule has 2 aromatic rings. The summed E-state index contributed by atoms with van der Waals surface area (Å²) >= 11 is 11.9. The summed E-state index contributed by atoms with van der Waals surface area (Å²) in [5, 5.41) is 4.88. The number of nitrogens with zero attached hydrogens (tertiary/aromatic N) is 3. The smallest absolute Gasteiger partial charge is 0.228 e. The van der Waals surface area contributed by atoms with Gasteiger partial charge in [-0.05, 0) is 36.6 Å². The minimum Gasteiger partial charge on any atom is -0.310 e. The molecule has 0 aliphatic heterocycles. The summed E-state index contributed by atoms with van der Waals surface area (Å²) in [5.41, 5.74) is 0. The Labute approximate surface area is 131 Å². The van der Waals surface area contributed by atoms with Gasteiger partial charge in [-0.25, -0.2) is 9.97 Å². The highest BCUT2D eigenvalue weighted by Crippen LogP contribution is 2.39. The van der Waals surface area contributed by atoms with Gasteiger partial charge in [-0.3, -0.25) is 4.79 Å². The third-order valence-corrected chi connectivity index (χ3v) is 3.99. The van der Waals surface area contributed by atoms with Crippen LogP contribution in [0.2, 0.25) is 10.3 Å². The molecule has 1 saturated carbocycles. The summed E-state index contributed by atoms with van der Waals surface area (Å²) in [6.45, 7) is 4.07. The van der Waals surface area contributed by atoms with Crippen LogP contribution in [0.4, 0.5) is 5.82 Å². The molecule has 0 spiro atoms. The fraction of sp³-hybridized carbons (Fsp3) is 0.286. The fourth-order valence-corrected chi connectivity index (χ4v) is 2.80. The lowest BCUT2D eigenvalue weighted by Crippen LogP contribution is -2.16. The maximum Gasteiger partial charge on any atom is 0.228 e. The largest absolute Gasteiger partial charge is 0.310 e. The first kappa shape index (κ1) is 14.2. The Morgan fingerprint density at radius 3 is 3.05 bits per heavy atom. The van der Waals surface area contributed by atoms with Gasteiger partial charge in [0, 0.05) is 24.0 Å². The normalized spacial score (nSPS) is 20.3. The van der Waals surface area contributed by atoms with Crippen LogP contribution in [-0.4, -0.2) is 29.1 Å². The Balaban J connectivity index is 1.79. The van der Waals surface area contributed by atoms with Crippen LogP contribution in [0.15, 0.2) is 23.3 Å². The Morgan fingerprint density at radius 2 is 2.29 bits per heavy atom. The van der Waals surface area contributed by atoms with E-state index in [1.807, 2.05) is 0 Å². The zero-order valence-corrected chi connectivity index (χ0v) is 12.5. The van der Waals surface area contributed by atoms with Crippen molar-refractivity contribution in [3.8, 4) is 0 Å². The Morgan fingerprint density at radius 1 is 1.48 bits per heavy atom. The number of hydrogen-bond donors (Lipinski definition) is 1. The molecule has 1 aliphatic carbocycles. The van der Waals surface area contributed by atoms with Crippen molar-refractivity contribution in [2.75, 3.05) is 11.9 Å². The second-order valence-electron chi connectivity index (χ2n) is 5.02. The van der Waals surface area contributed by atoms with Crippen molar-refractivity contribution in [1.82, 2.24) is 9.97 Å². The van der Waals surface area contributed by atoms with Gasteiger partial charge in [0.15, 0.2) is 0 Å². The van der Waals surface area contributed by atoms with E-state index in [0.29, 0.717) is 34.0 Å². The molecular weight excluding hydrogens is 311 g/mol. The van der Waals surface area contributed by atoms with E-state index in [9.17, 15) is 4.79 Å². The molecule has 2 heterocycles. The van der Waals surface area contributed by atoms with E-state index in [4.69, 9.17) is 23.2 Å². The SMILES string of the molecule is C=NC[C@H]1C[C@@H]1C(=O)Nc1cc2cc(Cl)nc(Cl)c2cn1. The quantitative estimate of drug-likeness (QED) is 0.694. The predicted molar refractivity (Wildman–Crippen MR) is 84.2 cm³/mol. The molecule has 3 rings (SSSR count). The molecule has 2 atom stereocenters. The van der Waals surface area contributed by atoms with E-state index in [2.05, 4.69) is 27.0 Å². The molecule has 108 valence electrons. The number of halogens is 2. The summed E-state index contributed by atoms with van der Waals surface area (Å²) in [4.78, 5) is 24.0. The Hall–Kier alpha value is -1.72. The number of carbonyl (C=O) groups excluding carboxylic acids is 1. The lowest BCUT2D eigenvalue weighted by Gasteiger charge is -2.06. The average Bonchev–Trinajstić information content (AvgIpc) is 3.18. The van der Waals surface area contributed by atoms with Crippen molar-refractivity contribution in [3.05, 3.63) is 28.6 Å². The van der Waals surface area contributed by atoms with E-state index in [1.165, 1.54) is 0 Å². The minimum absolute atomic E-state index is 0.00221. The molecule has 0 saturated heterocycles. The highest BCUT2D eigenvalue weighted by molar-refractivity contribution is 6.36. The highest BCUT2D eigenvalue weighted by atomic mass is 35.5. The van der Waals surface area contributed by atoms with Gasteiger partial charge in [0.1, 0.15) is 16.1 Å². The second kappa shape index (κ2) is 5.58. The molecule has 2 aromatic heterocycles. The number of hydrogen-bond acceptors (Lipinski definition) is 4. The van der Waals surface area contributed by atoms with E-state index in [-0.39, 0.29) is 11.8 Å². The van der Waals surface area contributed by atoms with Gasteiger partial charge in [-0.1, -0.05) is 23.2 Å². The van der Waals surface area contributed by atoms with Gasteiger partial charge in [-0.2, -0.15) is 0 Å². The first-order valence-corrected chi connectivity index (χ1v) is 7.19. The van der Waals surface area contributed by atoms with Crippen molar-refractivity contribution >= 4 is 52.4 Å². The average molecular weight is 323 g/mol. The number of rotatable bonds is 4. The van der Waals surface area contributed by atoms with Crippen LogP contribution in [0.3, 0.4) is 0 Å². The van der Waals surface area contributed by atoms with Crippen LogP contribution in [0.25, 0.3) is 10.8 Å². The Bertz CT molecular complexity index is 734. The van der Waals surface area contributed by atoms with E-state index >= 15 is 0 Å². The van der Waals surface area contributed by atoms with Gasteiger partial charge < -0.3 is 10.3 Å². The summed E-state index contributed by atoms with van der Waals surface area (Å²) in [6.07, 6.45) is 2.42. The fourth-order valence-electron chi connectivity index (χ4n) is 2.30. The number of amides is 1. The number of aliphatic imine (C=N–C) groups is 1. The first-order valence-electron chi connectivity index (χ1n) is 6.43. The lowest BCUT2D eigenvalue weighted by atomic mass is 10.2. The molecule has 21 heavy (non-hydrogen) atoms. The molecule has 0 aromatic carbocycles. The number of carbonyl (C=O) groups is 1. The number of nitrogens with one attached hydrogen (secondary N) is 1. The molecule has 0 radical (unpaired) electrons. The van der Waals surface area contributed by atoms with E-state index < -0.39 is 0 Å². The molecule has 1 fully saturated rings. The van der Waals surface area contributed by atoms with E-state index in [0.717, 1.165) is 11.8 Å². The van der Waals surface area contributed by atoms with Crippen LogP contribution < -0.4 is 5.32 Å². The van der Waals surface area contributed by atoms with Crippen LogP contribution in [-0.2, 0) is 4.79 Å². The number of fused-ring (bicyclic) bond motifs is 1. The number of pyridine rings is 2. The van der Waals surface area contributed by atoms with Crippen LogP contribution in [0.1, 0.15) is 6.42 Å². The van der Waals surface area contributed by atoms with Gasteiger partial charge in [0.2, 0.25) is 5.91 Å². The Kier molecular flexibility index (Phi) is 3.78. The first-order chi connectivity index (χ1) is 10.1. The zero-order valence-electron chi connectivity index (χ0n) is 11.0. The number of anilines is 1. The van der Waals surface area contributed by atoms with E-state index in [1.54, 1.807) is 18.3 Å². The van der Waals surface area contributed by atoms with Crippen molar-refractivity contribution in [2.24, 2.45) is 16.8 Å². The monoisotopic (exact) mass is 322 g/mol. The summed E-state index contributed by atoms with van der Waals surface area (Å²) in [6, 6.07) is 3.41. The predicted octanol–water partition coefficient (Wildman–Crippen LogP) is 3.21. The number of aromatic nitrogens is 2. The topological polar surface area (TPSA) is 67.2 Å². The molecular formula is C14H12Cl2N4O. The minimum atomic E-state index is -0.0400. The lowest BCUT2D eigenvalue weighted by molar-refractivity contribution is -0.117. The molecule has 1 amide bonds. The standard InChI is InChI=1S/C14H12Cl2N4O/c1-17-5-8-2-9(8)14(21)20-12-4-7-3-11(15)19-13(16)10(7)6-18-12/h3-4,6,8-9H,1-2,5H2,(H,18,20,21)/t8-,9+/m1/s1. The van der Waals surface area contributed by atoms with Gasteiger partial charge in [0.05, 0.1) is 0 Å². The van der Waals surface area contributed by atoms with Gasteiger partial charge in [-0.15, -0.1) is 0 Å². The summed E-state index contributed by atoms with van der Waals surface area (Å²) < 4.78 is 0. The van der Waals surface area contributed by atoms with Gasteiger partial charge >= 0.3 is 0 Å². The van der Waals surface area contributed by atoms with Crippen LogP contribution in [0, 0.1) is 11.8 Å². The van der Waals surface area contributed by atoms with Crippen molar-refractivity contribution < 1.29 is 4.79 Å². The van der Waals surface area contributed by atoms with Crippen molar-refractivity contribution in [2.45, 2.75) is 6.42 Å². The molecule has 0 bridgehead atoms. The molecule has 1 N–H and O–H groups in total. The molecule has 7 heteroatoms. The van der Waals surface area contributed by atoms with Crippen LogP contribution in [0.5, 0.6) is 0 Å². The van der Waals surface area contributed by atoms with Crippen molar-refractivity contribution in [1.29, 1.82) is 0 Å². The third kappa shape index (κ3) is 2.99. The summed E-state index contributed by atoms with van der Waals surface area (Å²) in [5.74, 6) is 0.735. The van der Waals surface area contributed by atoms with Gasteiger partial charge in [0.25, 0.3) is 0 Å². The summed E-state index contributed by atoms with van der Waals surface area (Å²) in [7, 11) is 0. The zero-order chi connectivity index (χ0) is 15.0. The van der Waals surface area contributed by atoms with Crippen molar-refractivity contribution in [3.63, 3.8) is 0 Å². The molecule has 1 aliphatic rings. The maximum absolute atomic E-state index is 12.1. The maximum atomic E-state index is 12.1. The van der Waals surface area contributed by atoms with Crippen LogP contribution >= 0.6 is 23.2 Å². The second-order valence-corrected chi connectivity index (χ2v) is 5.77.